The number of hydrogen-bond donors (Lipinski definition) is 2. The standard InChI is InChI=1S/C22H28F3N3O3/c1-15-11-18(14-28(2)21(15)29)17-3-4-19(27-13-16-5-8-30-9-6-16)20(12-17)26-7-10-31-22(23,24)25/h3-4,11-12,14,16,26-27H,5-10,13H2,1-2H3. The van der Waals surface area contributed by atoms with Gasteiger partial charge >= 0.3 is 6.36 Å². The zero-order valence-corrected chi connectivity index (χ0v) is 17.7. The number of nitrogens with one attached hydrogen (secondary N) is 2. The molecule has 1 aliphatic heterocycles. The average Bonchev–Trinajstić information content (AvgIpc) is 2.73. The van der Waals surface area contributed by atoms with Crippen molar-refractivity contribution >= 4 is 11.4 Å². The molecule has 2 aromatic rings. The maximum Gasteiger partial charge on any atom is 0.522 e. The highest BCUT2D eigenvalue weighted by Gasteiger charge is 2.28. The van der Waals surface area contributed by atoms with Gasteiger partial charge in [0, 0.05) is 45.1 Å². The van der Waals surface area contributed by atoms with Crippen LogP contribution in [0, 0.1) is 12.8 Å². The number of rotatable bonds is 8. The van der Waals surface area contributed by atoms with Gasteiger partial charge < -0.3 is 19.9 Å². The van der Waals surface area contributed by atoms with Crippen molar-refractivity contribution < 1.29 is 22.6 Å². The van der Waals surface area contributed by atoms with Crippen molar-refractivity contribution in [3.8, 4) is 11.1 Å². The highest BCUT2D eigenvalue weighted by atomic mass is 19.4. The van der Waals surface area contributed by atoms with Crippen LogP contribution in [0.15, 0.2) is 35.3 Å². The number of ether oxygens (including phenoxy) is 2. The highest BCUT2D eigenvalue weighted by Crippen LogP contribution is 2.30. The molecule has 9 heteroatoms. The summed E-state index contributed by atoms with van der Waals surface area (Å²) in [6.45, 7) is 3.51. The Hall–Kier alpha value is -2.52. The first-order chi connectivity index (χ1) is 14.7. The minimum absolute atomic E-state index is 0.00121. The fourth-order valence-electron chi connectivity index (χ4n) is 3.62. The molecule has 0 spiro atoms. The minimum Gasteiger partial charge on any atom is -0.383 e. The Morgan fingerprint density at radius 2 is 1.87 bits per heavy atom. The molecule has 0 aliphatic carbocycles. The van der Waals surface area contributed by atoms with Gasteiger partial charge in [-0.15, -0.1) is 13.2 Å². The maximum absolute atomic E-state index is 12.3. The van der Waals surface area contributed by atoms with Gasteiger partial charge in [0.1, 0.15) is 0 Å². The molecule has 0 radical (unpaired) electrons. The topological polar surface area (TPSA) is 64.5 Å². The number of benzene rings is 1. The lowest BCUT2D eigenvalue weighted by molar-refractivity contribution is -0.322. The van der Waals surface area contributed by atoms with E-state index in [9.17, 15) is 18.0 Å². The number of nitrogens with zero attached hydrogens (tertiary/aromatic N) is 1. The van der Waals surface area contributed by atoms with Gasteiger partial charge in [-0.1, -0.05) is 6.07 Å². The quantitative estimate of drug-likeness (QED) is 0.605. The van der Waals surface area contributed by atoms with Crippen LogP contribution >= 0.6 is 0 Å². The molecule has 2 N–H and O–H groups in total. The molecule has 6 nitrogen and oxygen atoms in total. The molecular weight excluding hydrogens is 411 g/mol. The van der Waals surface area contributed by atoms with Gasteiger partial charge in [0.05, 0.1) is 18.0 Å². The van der Waals surface area contributed by atoms with E-state index in [-0.39, 0.29) is 12.1 Å². The van der Waals surface area contributed by atoms with E-state index in [1.54, 1.807) is 20.2 Å². The van der Waals surface area contributed by atoms with Gasteiger partial charge in [-0.05, 0) is 55.0 Å². The Labute approximate surface area is 179 Å². The van der Waals surface area contributed by atoms with Crippen molar-refractivity contribution in [2.45, 2.75) is 26.1 Å². The van der Waals surface area contributed by atoms with Gasteiger partial charge in [-0.2, -0.15) is 0 Å². The number of aromatic nitrogens is 1. The van der Waals surface area contributed by atoms with Crippen LogP contribution < -0.4 is 16.2 Å². The lowest BCUT2D eigenvalue weighted by Crippen LogP contribution is -2.23. The Kier molecular flexibility index (Phi) is 7.61. The first-order valence-electron chi connectivity index (χ1n) is 10.3. The predicted octanol–water partition coefficient (Wildman–Crippen LogP) is 4.15. The number of anilines is 2. The van der Waals surface area contributed by atoms with E-state index in [1.165, 1.54) is 4.57 Å². The van der Waals surface area contributed by atoms with Crippen molar-refractivity contribution in [3.05, 3.63) is 46.4 Å². The van der Waals surface area contributed by atoms with E-state index in [0.29, 0.717) is 17.2 Å². The summed E-state index contributed by atoms with van der Waals surface area (Å²) in [6.07, 6.45) is -0.953. The third-order valence-electron chi connectivity index (χ3n) is 5.32. The molecule has 1 aliphatic rings. The molecule has 31 heavy (non-hydrogen) atoms. The summed E-state index contributed by atoms with van der Waals surface area (Å²) >= 11 is 0. The molecule has 0 bridgehead atoms. The highest BCUT2D eigenvalue weighted by molar-refractivity contribution is 5.77. The zero-order chi connectivity index (χ0) is 22.4. The van der Waals surface area contributed by atoms with Gasteiger partial charge in [0.15, 0.2) is 0 Å². The molecule has 170 valence electrons. The third-order valence-corrected chi connectivity index (χ3v) is 5.32. The smallest absolute Gasteiger partial charge is 0.383 e. The van der Waals surface area contributed by atoms with E-state index in [0.717, 1.165) is 49.4 Å². The minimum atomic E-state index is -4.65. The van der Waals surface area contributed by atoms with Crippen molar-refractivity contribution in [1.82, 2.24) is 4.57 Å². The summed E-state index contributed by atoms with van der Waals surface area (Å²) in [7, 11) is 1.69. The van der Waals surface area contributed by atoms with Gasteiger partial charge in [-0.25, -0.2) is 0 Å². The molecule has 0 unspecified atom stereocenters. The van der Waals surface area contributed by atoms with Crippen molar-refractivity contribution in [3.63, 3.8) is 0 Å². The summed E-state index contributed by atoms with van der Waals surface area (Å²) in [5.74, 6) is 0.487. The summed E-state index contributed by atoms with van der Waals surface area (Å²) in [4.78, 5) is 12.0. The second-order valence-electron chi connectivity index (χ2n) is 7.75. The second kappa shape index (κ2) is 10.2. The van der Waals surface area contributed by atoms with Crippen LogP contribution in [0.4, 0.5) is 24.5 Å². The van der Waals surface area contributed by atoms with Gasteiger partial charge in [0.25, 0.3) is 5.56 Å². The van der Waals surface area contributed by atoms with E-state index in [2.05, 4.69) is 15.4 Å². The number of hydrogen-bond acceptors (Lipinski definition) is 5. The molecule has 1 aromatic heterocycles. The number of aryl methyl sites for hydroxylation is 2. The Balaban J connectivity index is 1.79. The molecule has 0 amide bonds. The molecule has 1 fully saturated rings. The number of halogens is 3. The van der Waals surface area contributed by atoms with Crippen molar-refractivity contribution in [2.24, 2.45) is 13.0 Å². The zero-order valence-electron chi connectivity index (χ0n) is 17.7. The monoisotopic (exact) mass is 439 g/mol. The molecule has 1 aromatic carbocycles. The molecule has 3 rings (SSSR count). The first-order valence-corrected chi connectivity index (χ1v) is 10.3. The van der Waals surface area contributed by atoms with Crippen LogP contribution in [-0.4, -0.2) is 43.8 Å². The largest absolute Gasteiger partial charge is 0.522 e. The summed E-state index contributed by atoms with van der Waals surface area (Å²) in [5, 5.41) is 6.46. The van der Waals surface area contributed by atoms with Crippen LogP contribution in [0.3, 0.4) is 0 Å². The van der Waals surface area contributed by atoms with Crippen molar-refractivity contribution in [1.29, 1.82) is 0 Å². The van der Waals surface area contributed by atoms with E-state index in [1.807, 2.05) is 24.3 Å². The number of pyridine rings is 1. The fourth-order valence-corrected chi connectivity index (χ4v) is 3.62. The van der Waals surface area contributed by atoms with Gasteiger partial charge in [0.2, 0.25) is 0 Å². The lowest BCUT2D eigenvalue weighted by Gasteiger charge is -2.24. The summed E-state index contributed by atoms with van der Waals surface area (Å²) in [6, 6.07) is 7.52. The Bertz CT molecular complexity index is 912. The van der Waals surface area contributed by atoms with E-state index in [4.69, 9.17) is 4.74 Å². The fraction of sp³-hybridized carbons (Fsp3) is 0.500. The Morgan fingerprint density at radius 3 is 2.55 bits per heavy atom. The second-order valence-corrected chi connectivity index (χ2v) is 7.75. The molecule has 2 heterocycles. The molecular formula is C22H28F3N3O3. The summed E-state index contributed by atoms with van der Waals surface area (Å²) < 4.78 is 47.6. The molecule has 0 saturated carbocycles. The van der Waals surface area contributed by atoms with E-state index >= 15 is 0 Å². The van der Waals surface area contributed by atoms with Gasteiger partial charge in [-0.3, -0.25) is 9.53 Å². The third kappa shape index (κ3) is 6.73. The molecule has 1 saturated heterocycles. The Morgan fingerprint density at radius 1 is 1.13 bits per heavy atom. The van der Waals surface area contributed by atoms with E-state index < -0.39 is 13.0 Å². The SMILES string of the molecule is Cc1cc(-c2ccc(NCC3CCOCC3)c(NCCOC(F)(F)F)c2)cn(C)c1=O. The van der Waals surface area contributed by atoms with Crippen molar-refractivity contribution in [2.75, 3.05) is 43.5 Å². The van der Waals surface area contributed by atoms with Crippen LogP contribution in [0.25, 0.3) is 11.1 Å². The summed E-state index contributed by atoms with van der Waals surface area (Å²) in [5.41, 5.74) is 3.75. The maximum atomic E-state index is 12.3. The lowest BCUT2D eigenvalue weighted by atomic mass is 10.00. The van der Waals surface area contributed by atoms with Crippen LogP contribution in [0.1, 0.15) is 18.4 Å². The predicted molar refractivity (Wildman–Crippen MR) is 114 cm³/mol. The molecule has 0 atom stereocenters. The normalized spacial score (nSPS) is 15.1. The number of alkyl halides is 3. The average molecular weight is 439 g/mol. The van der Waals surface area contributed by atoms with Crippen LogP contribution in [0.5, 0.6) is 0 Å². The van der Waals surface area contributed by atoms with Crippen LogP contribution in [0.2, 0.25) is 0 Å². The van der Waals surface area contributed by atoms with Crippen LogP contribution in [-0.2, 0) is 16.5 Å². The first kappa shape index (κ1) is 23.1.